The molecule has 0 spiro atoms. The van der Waals surface area contributed by atoms with Crippen LogP contribution in [-0.4, -0.2) is 75.1 Å². The summed E-state index contributed by atoms with van der Waals surface area (Å²) in [6, 6.07) is 8.96. The van der Waals surface area contributed by atoms with Gasteiger partial charge in [-0.1, -0.05) is 6.92 Å². The van der Waals surface area contributed by atoms with Gasteiger partial charge in [0.1, 0.15) is 5.69 Å². The number of amides is 2. The molecule has 0 aliphatic carbocycles. The van der Waals surface area contributed by atoms with E-state index >= 15 is 0 Å². The van der Waals surface area contributed by atoms with Gasteiger partial charge in [0.2, 0.25) is 6.41 Å². The molecule has 0 atom stereocenters. The van der Waals surface area contributed by atoms with E-state index in [0.29, 0.717) is 60.7 Å². The van der Waals surface area contributed by atoms with Gasteiger partial charge in [0, 0.05) is 61.6 Å². The van der Waals surface area contributed by atoms with E-state index in [0.717, 1.165) is 47.6 Å². The summed E-state index contributed by atoms with van der Waals surface area (Å²) in [4.78, 5) is 39.0. The van der Waals surface area contributed by atoms with Crippen molar-refractivity contribution in [1.82, 2.24) is 29.5 Å². The van der Waals surface area contributed by atoms with Crippen molar-refractivity contribution in [1.29, 1.82) is 0 Å². The van der Waals surface area contributed by atoms with Crippen molar-refractivity contribution in [2.45, 2.75) is 40.0 Å². The number of halogens is 3. The Labute approximate surface area is 241 Å². The molecule has 3 heterocycles. The second kappa shape index (κ2) is 11.5. The fraction of sp³-hybridized carbons (Fsp3) is 0.367. The molecule has 1 aliphatic rings. The summed E-state index contributed by atoms with van der Waals surface area (Å²) in [5.74, 6) is 0.264. The van der Waals surface area contributed by atoms with E-state index in [4.69, 9.17) is 5.10 Å². The third-order valence-electron chi connectivity index (χ3n) is 7.69. The number of alkyl halides is 3. The molecule has 0 bridgehead atoms. The van der Waals surface area contributed by atoms with Gasteiger partial charge in [0.05, 0.1) is 23.3 Å². The minimum atomic E-state index is -4.44. The number of hydrogen-bond acceptors (Lipinski definition) is 6. The Kier molecular flexibility index (Phi) is 8.00. The summed E-state index contributed by atoms with van der Waals surface area (Å²) in [7, 11) is 1.74. The molecule has 12 heteroatoms. The molecular formula is C30H32F3N7O2. The van der Waals surface area contributed by atoms with Crippen LogP contribution < -0.4 is 4.90 Å². The van der Waals surface area contributed by atoms with Crippen LogP contribution in [0.2, 0.25) is 0 Å². The number of aryl methyl sites for hydroxylation is 1. The Balaban J connectivity index is 1.36. The fourth-order valence-corrected chi connectivity index (χ4v) is 5.20. The standard InChI is InChI=1S/C30H32F3N7O2/c1-5-38(11-10-37(4)18-41)17-25-20(3)27-29(42)39(12-13-40(27)36-25)26-9-6-21(14-19(26)2)28-34-16-22-15-23(30(31,32)33)7-8-24(22)35-28/h6-9,14-16,18H,5,10-13,17H2,1-4H3. The van der Waals surface area contributed by atoms with E-state index in [1.165, 1.54) is 12.3 Å². The third-order valence-corrected chi connectivity index (χ3v) is 7.69. The van der Waals surface area contributed by atoms with E-state index in [1.807, 2.05) is 32.0 Å². The van der Waals surface area contributed by atoms with Gasteiger partial charge < -0.3 is 9.80 Å². The van der Waals surface area contributed by atoms with Gasteiger partial charge in [-0.2, -0.15) is 18.3 Å². The maximum atomic E-state index is 13.7. The van der Waals surface area contributed by atoms with Gasteiger partial charge >= 0.3 is 6.18 Å². The number of aromatic nitrogens is 4. The molecule has 2 aromatic carbocycles. The molecule has 5 rings (SSSR count). The van der Waals surface area contributed by atoms with E-state index < -0.39 is 11.7 Å². The number of likely N-dealkylation sites (N-methyl/N-ethyl adjacent to an activating group) is 2. The first kappa shape index (κ1) is 29.2. The molecule has 0 unspecified atom stereocenters. The van der Waals surface area contributed by atoms with E-state index in [1.54, 1.807) is 21.5 Å². The van der Waals surface area contributed by atoms with Gasteiger partial charge in [0.25, 0.3) is 5.91 Å². The molecule has 0 saturated carbocycles. The van der Waals surface area contributed by atoms with Gasteiger partial charge in [0.15, 0.2) is 5.82 Å². The molecule has 2 aromatic heterocycles. The number of rotatable bonds is 9. The van der Waals surface area contributed by atoms with Crippen LogP contribution >= 0.6 is 0 Å². The molecular weight excluding hydrogens is 547 g/mol. The summed E-state index contributed by atoms with van der Waals surface area (Å²) >= 11 is 0. The lowest BCUT2D eigenvalue weighted by Gasteiger charge is -2.29. The quantitative estimate of drug-likeness (QED) is 0.267. The van der Waals surface area contributed by atoms with Crippen LogP contribution in [0.25, 0.3) is 22.3 Å². The predicted molar refractivity (Wildman–Crippen MR) is 153 cm³/mol. The average Bonchev–Trinajstić information content (AvgIpc) is 3.29. The first-order valence-electron chi connectivity index (χ1n) is 13.7. The van der Waals surface area contributed by atoms with E-state index in [-0.39, 0.29) is 5.91 Å². The second-order valence-corrected chi connectivity index (χ2v) is 10.5. The summed E-state index contributed by atoms with van der Waals surface area (Å²) in [6.45, 7) is 9.57. The van der Waals surface area contributed by atoms with Crippen molar-refractivity contribution < 1.29 is 22.8 Å². The Bertz CT molecular complexity index is 1650. The zero-order chi connectivity index (χ0) is 30.2. The molecule has 220 valence electrons. The van der Waals surface area contributed by atoms with Crippen LogP contribution in [0.4, 0.5) is 18.9 Å². The lowest BCUT2D eigenvalue weighted by atomic mass is 10.1. The summed E-state index contributed by atoms with van der Waals surface area (Å²) < 4.78 is 41.0. The van der Waals surface area contributed by atoms with E-state index in [2.05, 4.69) is 21.8 Å². The summed E-state index contributed by atoms with van der Waals surface area (Å²) in [5, 5.41) is 5.06. The summed E-state index contributed by atoms with van der Waals surface area (Å²) in [6.07, 6.45) is -2.23. The first-order valence-corrected chi connectivity index (χ1v) is 13.7. The number of carbonyl (C=O) groups excluding carboxylic acids is 2. The number of carbonyl (C=O) groups is 2. The maximum Gasteiger partial charge on any atom is 0.416 e. The van der Waals surface area contributed by atoms with Crippen LogP contribution in [0.5, 0.6) is 0 Å². The topological polar surface area (TPSA) is 87.5 Å². The highest BCUT2D eigenvalue weighted by Gasteiger charge is 2.32. The predicted octanol–water partition coefficient (Wildman–Crippen LogP) is 4.70. The molecule has 0 radical (unpaired) electrons. The van der Waals surface area contributed by atoms with Crippen LogP contribution in [0.3, 0.4) is 0 Å². The molecule has 1 aliphatic heterocycles. The van der Waals surface area contributed by atoms with Crippen molar-refractivity contribution in [3.05, 3.63) is 70.7 Å². The highest BCUT2D eigenvalue weighted by atomic mass is 19.4. The number of anilines is 1. The van der Waals surface area contributed by atoms with Crippen molar-refractivity contribution in [3.8, 4) is 11.4 Å². The summed E-state index contributed by atoms with van der Waals surface area (Å²) in [5.41, 5.74) is 4.24. The molecule has 9 nitrogen and oxygen atoms in total. The Morgan fingerprint density at radius 2 is 1.86 bits per heavy atom. The number of nitrogens with zero attached hydrogens (tertiary/aromatic N) is 7. The minimum absolute atomic E-state index is 0.125. The van der Waals surface area contributed by atoms with Crippen molar-refractivity contribution >= 4 is 28.9 Å². The number of hydrogen-bond donors (Lipinski definition) is 0. The van der Waals surface area contributed by atoms with Crippen LogP contribution in [-0.2, 0) is 24.1 Å². The van der Waals surface area contributed by atoms with Gasteiger partial charge in [-0.05, 0) is 62.4 Å². The smallest absolute Gasteiger partial charge is 0.347 e. The fourth-order valence-electron chi connectivity index (χ4n) is 5.20. The maximum absolute atomic E-state index is 13.7. The lowest BCUT2D eigenvalue weighted by molar-refractivity contribution is -0.137. The zero-order valence-corrected chi connectivity index (χ0v) is 23.9. The number of fused-ring (bicyclic) bond motifs is 2. The highest BCUT2D eigenvalue weighted by molar-refractivity contribution is 6.07. The Morgan fingerprint density at radius 3 is 2.55 bits per heavy atom. The zero-order valence-electron chi connectivity index (χ0n) is 23.9. The van der Waals surface area contributed by atoms with Crippen molar-refractivity contribution in [3.63, 3.8) is 0 Å². The monoisotopic (exact) mass is 579 g/mol. The van der Waals surface area contributed by atoms with Crippen molar-refractivity contribution in [2.24, 2.45) is 0 Å². The Morgan fingerprint density at radius 1 is 1.07 bits per heavy atom. The molecule has 0 fully saturated rings. The van der Waals surface area contributed by atoms with Crippen LogP contribution in [0.15, 0.2) is 42.6 Å². The SMILES string of the molecule is CCN(CCN(C)C=O)Cc1nn2c(c1C)C(=O)N(c1ccc(-c3ncc4cc(C(F)(F)F)ccc4n3)cc1C)CC2. The molecule has 42 heavy (non-hydrogen) atoms. The number of benzene rings is 2. The molecule has 0 N–H and O–H groups in total. The van der Waals surface area contributed by atoms with E-state index in [9.17, 15) is 22.8 Å². The average molecular weight is 580 g/mol. The highest BCUT2D eigenvalue weighted by Crippen LogP contribution is 2.33. The van der Waals surface area contributed by atoms with Gasteiger partial charge in [-0.25, -0.2) is 9.97 Å². The normalized spacial score (nSPS) is 13.6. The van der Waals surface area contributed by atoms with Crippen molar-refractivity contribution in [2.75, 3.05) is 38.1 Å². The van der Waals surface area contributed by atoms with Crippen LogP contribution in [0, 0.1) is 13.8 Å². The van der Waals surface area contributed by atoms with Crippen LogP contribution in [0.1, 0.15) is 39.8 Å². The first-order chi connectivity index (χ1) is 20.0. The minimum Gasteiger partial charge on any atom is -0.347 e. The lowest BCUT2D eigenvalue weighted by Crippen LogP contribution is -2.41. The molecule has 2 amide bonds. The second-order valence-electron chi connectivity index (χ2n) is 10.5. The third kappa shape index (κ3) is 5.71. The van der Waals surface area contributed by atoms with Gasteiger partial charge in [-0.3, -0.25) is 19.2 Å². The Hall–Kier alpha value is -4.32. The molecule has 4 aromatic rings. The van der Waals surface area contributed by atoms with Gasteiger partial charge in [-0.15, -0.1) is 0 Å². The largest absolute Gasteiger partial charge is 0.416 e. The molecule has 0 saturated heterocycles.